The molecule has 3 N–H and O–H groups in total. The van der Waals surface area contributed by atoms with Crippen LogP contribution in [0.3, 0.4) is 0 Å². The van der Waals surface area contributed by atoms with Crippen molar-refractivity contribution in [2.45, 2.75) is 13.3 Å². The standard InChI is InChI=1S/C22H21ClFN3O3/c1-3-25-22(28)26-19-10-7-14(13-27(19)29)11-16-8-9-18(30-2)20(21(16)24)15-5-4-6-17(23)12-15/h4-10,12-13,29H,3,11H2,1-2H3,(H,25,28)/p+1. The fourth-order valence-corrected chi connectivity index (χ4v) is 3.29. The molecule has 0 bridgehead atoms. The first kappa shape index (κ1) is 21.4. The first-order chi connectivity index (χ1) is 14.4. The van der Waals surface area contributed by atoms with E-state index in [1.165, 1.54) is 13.3 Å². The van der Waals surface area contributed by atoms with Gasteiger partial charge in [-0.1, -0.05) is 34.5 Å². The van der Waals surface area contributed by atoms with E-state index in [-0.39, 0.29) is 12.2 Å². The van der Waals surface area contributed by atoms with Crippen LogP contribution in [-0.4, -0.2) is 24.9 Å². The van der Waals surface area contributed by atoms with Crippen LogP contribution in [0.2, 0.25) is 5.02 Å². The minimum absolute atomic E-state index is 0.194. The van der Waals surface area contributed by atoms with Crippen LogP contribution in [0.5, 0.6) is 5.75 Å². The zero-order valence-corrected chi connectivity index (χ0v) is 17.3. The molecule has 0 spiro atoms. The van der Waals surface area contributed by atoms with E-state index in [4.69, 9.17) is 16.3 Å². The average molecular weight is 431 g/mol. The maximum absolute atomic E-state index is 15.4. The van der Waals surface area contributed by atoms with Gasteiger partial charge in [-0.3, -0.25) is 0 Å². The number of carbonyl (C=O) groups excluding carboxylic acids is 1. The van der Waals surface area contributed by atoms with Gasteiger partial charge >= 0.3 is 11.8 Å². The molecule has 30 heavy (non-hydrogen) atoms. The van der Waals surface area contributed by atoms with Crippen LogP contribution in [0.15, 0.2) is 54.7 Å². The third-order valence-corrected chi connectivity index (χ3v) is 4.72. The molecule has 2 aromatic carbocycles. The summed E-state index contributed by atoms with van der Waals surface area (Å²) in [5.41, 5.74) is 2.01. The number of nitrogens with one attached hydrogen (secondary N) is 2. The summed E-state index contributed by atoms with van der Waals surface area (Å²) in [6, 6.07) is 13.1. The lowest BCUT2D eigenvalue weighted by molar-refractivity contribution is -0.893. The van der Waals surface area contributed by atoms with E-state index in [0.29, 0.717) is 39.6 Å². The highest BCUT2D eigenvalue weighted by Crippen LogP contribution is 2.36. The molecule has 8 heteroatoms. The van der Waals surface area contributed by atoms with Crippen molar-refractivity contribution in [1.29, 1.82) is 0 Å². The summed E-state index contributed by atoms with van der Waals surface area (Å²) in [6.07, 6.45) is 1.65. The molecule has 0 fully saturated rings. The smallest absolute Gasteiger partial charge is 0.406 e. The maximum atomic E-state index is 15.4. The zero-order chi connectivity index (χ0) is 21.7. The van der Waals surface area contributed by atoms with Gasteiger partial charge in [-0.25, -0.2) is 9.18 Å². The number of hydrogen-bond acceptors (Lipinski definition) is 3. The summed E-state index contributed by atoms with van der Waals surface area (Å²) in [6.45, 7) is 2.25. The van der Waals surface area contributed by atoms with Crippen LogP contribution < -0.4 is 20.1 Å². The number of methoxy groups -OCH3 is 1. The van der Waals surface area contributed by atoms with E-state index in [0.717, 1.165) is 4.73 Å². The summed E-state index contributed by atoms with van der Waals surface area (Å²) in [4.78, 5) is 11.6. The molecular formula is C22H22ClFN3O3+. The van der Waals surface area contributed by atoms with Crippen molar-refractivity contribution in [1.82, 2.24) is 5.32 Å². The average Bonchev–Trinajstić information content (AvgIpc) is 2.71. The third-order valence-electron chi connectivity index (χ3n) is 4.48. The lowest BCUT2D eigenvalue weighted by atomic mass is 9.97. The van der Waals surface area contributed by atoms with Crippen molar-refractivity contribution in [3.05, 3.63) is 76.7 Å². The Hall–Kier alpha value is -3.32. The van der Waals surface area contributed by atoms with Crippen molar-refractivity contribution in [2.24, 2.45) is 0 Å². The lowest BCUT2D eigenvalue weighted by Crippen LogP contribution is -2.39. The predicted molar refractivity (Wildman–Crippen MR) is 113 cm³/mol. The number of pyridine rings is 1. The second-order valence-corrected chi connectivity index (χ2v) is 6.99. The highest BCUT2D eigenvalue weighted by molar-refractivity contribution is 6.30. The Morgan fingerprint density at radius 1 is 1.23 bits per heavy atom. The molecule has 0 saturated carbocycles. The SMILES string of the molecule is CCNC(=O)Nc1ccc(Cc2ccc(OC)c(-c3cccc(Cl)c3)c2F)c[n+]1O. The Bertz CT molecular complexity index is 1080. The van der Waals surface area contributed by atoms with Crippen LogP contribution >= 0.6 is 11.6 Å². The normalized spacial score (nSPS) is 10.5. The third kappa shape index (κ3) is 4.80. The second kappa shape index (κ2) is 9.45. The Labute approximate surface area is 178 Å². The Morgan fingerprint density at radius 3 is 2.70 bits per heavy atom. The van der Waals surface area contributed by atoms with Crippen LogP contribution in [0.4, 0.5) is 15.0 Å². The Kier molecular flexibility index (Phi) is 6.74. The summed E-state index contributed by atoms with van der Waals surface area (Å²) in [5.74, 6) is 0.169. The molecule has 0 unspecified atom stereocenters. The zero-order valence-electron chi connectivity index (χ0n) is 16.6. The van der Waals surface area contributed by atoms with E-state index in [1.54, 1.807) is 55.5 Å². The molecule has 1 heterocycles. The molecule has 0 radical (unpaired) electrons. The van der Waals surface area contributed by atoms with Gasteiger partial charge in [0.25, 0.3) is 0 Å². The van der Waals surface area contributed by atoms with Gasteiger partial charge in [-0.05, 0) is 42.3 Å². The molecular weight excluding hydrogens is 409 g/mol. The summed E-state index contributed by atoms with van der Waals surface area (Å²) in [5, 5.41) is 15.7. The van der Waals surface area contributed by atoms with Crippen LogP contribution in [-0.2, 0) is 6.42 Å². The number of rotatable bonds is 6. The van der Waals surface area contributed by atoms with Gasteiger partial charge in [0.1, 0.15) is 17.8 Å². The van der Waals surface area contributed by atoms with Crippen molar-refractivity contribution < 1.29 is 23.9 Å². The molecule has 0 aliphatic heterocycles. The Balaban J connectivity index is 1.91. The number of urea groups is 1. The van der Waals surface area contributed by atoms with Crippen LogP contribution in [0.25, 0.3) is 11.1 Å². The lowest BCUT2D eigenvalue weighted by Gasteiger charge is -2.14. The number of halogens is 2. The number of hydrogen-bond donors (Lipinski definition) is 3. The van der Waals surface area contributed by atoms with E-state index in [9.17, 15) is 10.0 Å². The van der Waals surface area contributed by atoms with E-state index in [2.05, 4.69) is 10.6 Å². The monoisotopic (exact) mass is 430 g/mol. The minimum Gasteiger partial charge on any atom is -0.496 e. The fraction of sp³-hybridized carbons (Fsp3) is 0.182. The van der Waals surface area contributed by atoms with Crippen LogP contribution in [0, 0.1) is 5.82 Å². The summed E-state index contributed by atoms with van der Waals surface area (Å²) in [7, 11) is 1.48. The van der Waals surface area contributed by atoms with Gasteiger partial charge in [0.2, 0.25) is 0 Å². The highest BCUT2D eigenvalue weighted by atomic mass is 35.5. The van der Waals surface area contributed by atoms with Crippen molar-refractivity contribution in [3.63, 3.8) is 0 Å². The van der Waals surface area contributed by atoms with Gasteiger partial charge in [-0.2, -0.15) is 5.32 Å². The molecule has 0 aliphatic carbocycles. The number of anilines is 1. The molecule has 2 amide bonds. The largest absolute Gasteiger partial charge is 0.496 e. The van der Waals surface area contributed by atoms with E-state index in [1.807, 2.05) is 0 Å². The van der Waals surface area contributed by atoms with E-state index >= 15 is 4.39 Å². The first-order valence-electron chi connectivity index (χ1n) is 9.33. The predicted octanol–water partition coefficient (Wildman–Crippen LogP) is 4.41. The van der Waals surface area contributed by atoms with Crippen molar-refractivity contribution >= 4 is 23.4 Å². The highest BCUT2D eigenvalue weighted by Gasteiger charge is 2.18. The molecule has 0 atom stereocenters. The summed E-state index contributed by atoms with van der Waals surface area (Å²) >= 11 is 6.07. The van der Waals surface area contributed by atoms with Gasteiger partial charge in [0.15, 0.2) is 0 Å². The van der Waals surface area contributed by atoms with Crippen LogP contribution in [0.1, 0.15) is 18.1 Å². The molecule has 0 aliphatic rings. The van der Waals surface area contributed by atoms with Gasteiger partial charge in [-0.15, -0.1) is 0 Å². The molecule has 156 valence electrons. The van der Waals surface area contributed by atoms with Crippen molar-refractivity contribution in [2.75, 3.05) is 19.0 Å². The second-order valence-electron chi connectivity index (χ2n) is 6.55. The molecule has 6 nitrogen and oxygen atoms in total. The van der Waals surface area contributed by atoms with Gasteiger partial charge < -0.3 is 15.3 Å². The molecule has 3 rings (SSSR count). The number of nitrogens with zero attached hydrogens (tertiary/aromatic N) is 1. The van der Waals surface area contributed by atoms with E-state index < -0.39 is 11.8 Å². The Morgan fingerprint density at radius 2 is 2.03 bits per heavy atom. The van der Waals surface area contributed by atoms with Crippen molar-refractivity contribution in [3.8, 4) is 16.9 Å². The number of amides is 2. The molecule has 0 saturated heterocycles. The number of aromatic nitrogens is 1. The van der Waals surface area contributed by atoms with Gasteiger partial charge in [0, 0.05) is 29.6 Å². The quantitative estimate of drug-likeness (QED) is 0.400. The topological polar surface area (TPSA) is 74.5 Å². The number of carbonyl (C=O) groups is 1. The first-order valence-corrected chi connectivity index (χ1v) is 9.70. The number of ether oxygens (including phenoxy) is 1. The molecule has 3 aromatic rings. The number of benzene rings is 2. The maximum Gasteiger partial charge on any atom is 0.406 e. The fourth-order valence-electron chi connectivity index (χ4n) is 3.10. The minimum atomic E-state index is -0.430. The van der Waals surface area contributed by atoms with Gasteiger partial charge in [0.05, 0.1) is 12.7 Å². The summed E-state index contributed by atoms with van der Waals surface area (Å²) < 4.78 is 21.5. The molecule has 1 aromatic heterocycles.